The lowest BCUT2D eigenvalue weighted by Gasteiger charge is -2.30. The number of ether oxygens (including phenoxy) is 4. The molecule has 0 saturated carbocycles. The Morgan fingerprint density at radius 3 is 2.05 bits per heavy atom. The van der Waals surface area contributed by atoms with E-state index in [1.165, 1.54) is 18.2 Å². The van der Waals surface area contributed by atoms with Crippen molar-refractivity contribution in [3.05, 3.63) is 82.6 Å². The van der Waals surface area contributed by atoms with E-state index >= 15 is 0 Å². The third-order valence-electron chi connectivity index (χ3n) is 10.5. The number of fused-ring (bicyclic) bond motifs is 2. The van der Waals surface area contributed by atoms with Crippen molar-refractivity contribution < 1.29 is 67.4 Å². The largest absolute Gasteiger partial charge is 0.748 e. The van der Waals surface area contributed by atoms with Crippen LogP contribution in [0.2, 0.25) is 0 Å². The summed E-state index contributed by atoms with van der Waals surface area (Å²) in [4.78, 5) is 1.46. The van der Waals surface area contributed by atoms with Crippen molar-refractivity contribution in [3.63, 3.8) is 0 Å². The molecule has 0 fully saturated rings. The van der Waals surface area contributed by atoms with E-state index in [9.17, 15) is 44.0 Å². The molecule has 0 bridgehead atoms. The van der Waals surface area contributed by atoms with Crippen molar-refractivity contribution >= 4 is 42.1 Å². The number of hydrogen-bond acceptors (Lipinski definition) is 16. The first-order valence-corrected chi connectivity index (χ1v) is 25.3. The highest BCUT2D eigenvalue weighted by atomic mass is 32.2. The van der Waals surface area contributed by atoms with Gasteiger partial charge in [-0.05, 0) is 73.7 Å². The predicted octanol–water partition coefficient (Wildman–Crippen LogP) is 3.37. The van der Waals surface area contributed by atoms with Crippen LogP contribution in [0.1, 0.15) is 70.3 Å². The number of hydrogen-bond donors (Lipinski definition) is 1. The molecule has 0 spiro atoms. The smallest absolute Gasteiger partial charge is 0.203 e. The minimum Gasteiger partial charge on any atom is -0.748 e. The summed E-state index contributed by atoms with van der Waals surface area (Å²) < 4.78 is 136. The minimum absolute atomic E-state index is 0.0384. The quantitative estimate of drug-likeness (QED) is 0.0688. The summed E-state index contributed by atoms with van der Waals surface area (Å²) in [7, 11) is -12.2. The van der Waals surface area contributed by atoms with Crippen LogP contribution in [-0.2, 0) is 60.1 Å². The molecule has 0 radical (unpaired) electrons. The van der Waals surface area contributed by atoms with E-state index in [2.05, 4.69) is 0 Å². The molecular weight excluding hydrogens is 881 g/mol. The summed E-state index contributed by atoms with van der Waals surface area (Å²) in [6, 6.07) is 11.6. The lowest BCUT2D eigenvalue weighted by atomic mass is 9.77. The number of nitrogens with zero attached hydrogens (tertiary/aromatic N) is 2. The van der Waals surface area contributed by atoms with Gasteiger partial charge in [0.25, 0.3) is 0 Å². The summed E-state index contributed by atoms with van der Waals surface area (Å²) in [5.41, 5.74) is 1.75. The van der Waals surface area contributed by atoms with Gasteiger partial charge in [-0.2, -0.15) is 0 Å². The number of aliphatic hydroxyl groups excluding tert-OH is 1. The molecule has 0 aromatic heterocycles. The monoisotopic (exact) mass is 940 g/mol. The number of aliphatic hydroxyl groups is 1. The van der Waals surface area contributed by atoms with Crippen molar-refractivity contribution in [3.8, 4) is 11.3 Å². The summed E-state index contributed by atoms with van der Waals surface area (Å²) in [5, 5.41) is 10.5. The van der Waals surface area contributed by atoms with E-state index in [1.807, 2.05) is 66.7 Å². The molecule has 63 heavy (non-hydrogen) atoms. The zero-order valence-electron chi connectivity index (χ0n) is 36.6. The van der Waals surface area contributed by atoms with E-state index in [0.29, 0.717) is 93.0 Å². The molecule has 20 heteroatoms. The second-order valence-corrected chi connectivity index (χ2v) is 20.8. The molecule has 1 aromatic rings. The van der Waals surface area contributed by atoms with Crippen LogP contribution in [0.15, 0.2) is 69.6 Å². The third kappa shape index (κ3) is 15.8. The average Bonchev–Trinajstić information content (AvgIpc) is 3.42. The van der Waals surface area contributed by atoms with Crippen molar-refractivity contribution in [1.82, 2.24) is 4.58 Å². The Bertz CT molecular complexity index is 2420. The number of methoxy groups -OCH3 is 1. The highest BCUT2D eigenvalue weighted by molar-refractivity contribution is 7.86. The van der Waals surface area contributed by atoms with Crippen LogP contribution in [0.25, 0.3) is 17.4 Å². The predicted molar refractivity (Wildman–Crippen MR) is 234 cm³/mol. The fraction of sp³-hybridized carbons (Fsp3) is 0.558. The zero-order valence-corrected chi connectivity index (χ0v) is 39.0. The Morgan fingerprint density at radius 1 is 0.810 bits per heavy atom. The molecule has 1 atom stereocenters. The number of allylic oxidation sites excluding steroid dienone is 3. The van der Waals surface area contributed by atoms with Crippen molar-refractivity contribution in [1.29, 1.82) is 0 Å². The van der Waals surface area contributed by atoms with Gasteiger partial charge >= 0.3 is 0 Å². The van der Waals surface area contributed by atoms with E-state index in [4.69, 9.17) is 23.4 Å². The lowest BCUT2D eigenvalue weighted by Crippen LogP contribution is -2.35. The Hall–Kier alpha value is -3.54. The Morgan fingerprint density at radius 2 is 1.44 bits per heavy atom. The molecule has 1 aliphatic carbocycles. The fourth-order valence-electron chi connectivity index (χ4n) is 7.33. The van der Waals surface area contributed by atoms with Gasteiger partial charge in [0.2, 0.25) is 5.36 Å². The third-order valence-corrected chi connectivity index (χ3v) is 12.9. The molecule has 1 N–H and O–H groups in total. The molecule has 352 valence electrons. The van der Waals surface area contributed by atoms with Gasteiger partial charge in [0.1, 0.15) is 34.8 Å². The molecular formula is C43H60N2O15S3-2. The van der Waals surface area contributed by atoms with Crippen LogP contribution < -0.4 is 14.8 Å². The Balaban J connectivity index is 1.74. The molecule has 3 aliphatic rings. The van der Waals surface area contributed by atoms with E-state index in [1.54, 1.807) is 20.1 Å². The second-order valence-electron chi connectivity index (χ2n) is 16.4. The summed E-state index contributed by atoms with van der Waals surface area (Å²) in [6.45, 7) is 11.4. The second kappa shape index (κ2) is 23.1. The molecule has 0 saturated heterocycles. The Labute approximate surface area is 371 Å². The van der Waals surface area contributed by atoms with Crippen LogP contribution >= 0.6 is 0 Å². The van der Waals surface area contributed by atoms with Gasteiger partial charge in [-0.15, -0.1) is 0 Å². The van der Waals surface area contributed by atoms with Gasteiger partial charge < -0.3 is 47.0 Å². The summed E-state index contributed by atoms with van der Waals surface area (Å²) >= 11 is 0. The van der Waals surface area contributed by atoms with Crippen LogP contribution in [-0.4, -0.2) is 135 Å². The maximum Gasteiger partial charge on any atom is 0.203 e. The zero-order chi connectivity index (χ0) is 46.5. The number of rotatable bonds is 26. The lowest BCUT2D eigenvalue weighted by molar-refractivity contribution is 0.00371. The van der Waals surface area contributed by atoms with Gasteiger partial charge in [0.15, 0.2) is 6.54 Å². The molecule has 17 nitrogen and oxygen atoms in total. The van der Waals surface area contributed by atoms with Crippen LogP contribution in [0.3, 0.4) is 0 Å². The highest BCUT2D eigenvalue weighted by Crippen LogP contribution is 2.51. The van der Waals surface area contributed by atoms with E-state index in [0.717, 1.165) is 11.1 Å². The van der Waals surface area contributed by atoms with Gasteiger partial charge in [-0.25, -0.2) is 29.8 Å². The molecule has 2 aliphatic heterocycles. The molecule has 2 heterocycles. The Kier molecular flexibility index (Phi) is 19.1. The first-order valence-electron chi connectivity index (χ1n) is 20.7. The average molecular weight is 941 g/mol. The topological polar surface area (TPSA) is 248 Å². The first kappa shape index (κ1) is 52.1. The minimum atomic E-state index is -4.85. The van der Waals surface area contributed by atoms with Crippen LogP contribution in [0.4, 0.5) is 5.69 Å². The summed E-state index contributed by atoms with van der Waals surface area (Å²) in [6.07, 6.45) is 6.03. The normalized spacial score (nSPS) is 17.3. The number of anilines is 1. The van der Waals surface area contributed by atoms with Crippen LogP contribution in [0.5, 0.6) is 0 Å². The van der Waals surface area contributed by atoms with Crippen LogP contribution in [0, 0.1) is 0 Å². The molecule has 1 aromatic carbocycles. The van der Waals surface area contributed by atoms with Gasteiger partial charge in [0, 0.05) is 72.0 Å². The SMILES string of the molecule is COCCOCCOCCOCC[N+](CCCS(=O)(=O)[O-])=c1ccc2c(/C=C/C=C3\N(CCCO)c4ccc(S(=O)(=O)[O-])cc4C3(C)CCCS(=O)(=O)[O-])cc(C(C)(C)C)oc-2c1. The van der Waals surface area contributed by atoms with Gasteiger partial charge in [-0.1, -0.05) is 32.9 Å². The van der Waals surface area contributed by atoms with E-state index in [-0.39, 0.29) is 39.0 Å². The fourth-order valence-corrected chi connectivity index (χ4v) is 8.81. The molecule has 4 rings (SSSR count). The maximum absolute atomic E-state index is 12.1. The van der Waals surface area contributed by atoms with Crippen molar-refractivity contribution in [2.45, 2.75) is 69.1 Å². The summed E-state index contributed by atoms with van der Waals surface area (Å²) in [5.74, 6) is 0.0181. The first-order chi connectivity index (χ1) is 29.6. The standard InChI is InChI=1S/C43H62N2O15S3/c1-42(2,3)41-30-33(10-6-11-40-43(4,16-7-28-61(47,48)49)37-32-35(63(53,54)55)13-15-38(37)45(40)18-8-20-46)36-14-12-34(31-39(36)60-41)44(17-9-29-62(50,51)52)19-21-57-24-25-59-27-26-58-23-22-56-5/h6,10-15,30-32,46H,7-9,16-29H2,1-5H3,(H2-,47,48,49,50,51,52,53,54,55)/p-2. The maximum atomic E-state index is 12.1. The molecule has 1 unspecified atom stereocenters. The van der Waals surface area contributed by atoms with Crippen molar-refractivity contribution in [2.24, 2.45) is 0 Å². The molecule has 0 amide bonds. The van der Waals surface area contributed by atoms with Crippen molar-refractivity contribution in [2.75, 3.05) is 96.0 Å². The van der Waals surface area contributed by atoms with E-state index < -0.39 is 57.6 Å². The van der Waals surface area contributed by atoms with Gasteiger partial charge in [-0.3, -0.25) is 0 Å². The number of benzene rings is 2. The van der Waals surface area contributed by atoms with Gasteiger partial charge in [0.05, 0.1) is 70.8 Å². The highest BCUT2D eigenvalue weighted by Gasteiger charge is 2.43.